The summed E-state index contributed by atoms with van der Waals surface area (Å²) in [5.41, 5.74) is 0.720. The second-order valence-corrected chi connectivity index (χ2v) is 9.08. The Bertz CT molecular complexity index is 1020. The fourth-order valence-corrected chi connectivity index (χ4v) is 5.07. The molecule has 0 spiro atoms. The van der Waals surface area contributed by atoms with Crippen molar-refractivity contribution in [2.75, 3.05) is 24.5 Å². The van der Waals surface area contributed by atoms with Gasteiger partial charge >= 0.3 is 6.18 Å². The average Bonchev–Trinajstić information content (AvgIpc) is 2.72. The third-order valence-corrected chi connectivity index (χ3v) is 6.84. The van der Waals surface area contributed by atoms with Crippen molar-refractivity contribution in [3.05, 3.63) is 59.7 Å². The summed E-state index contributed by atoms with van der Waals surface area (Å²) in [6.07, 6.45) is -2.64. The molecule has 0 atom stereocenters. The maximum Gasteiger partial charge on any atom is 0.416 e. The van der Waals surface area contributed by atoms with Crippen LogP contribution in [-0.2, 0) is 27.4 Å². The molecular formula is C21H23F3N2O3S. The number of rotatable bonds is 6. The van der Waals surface area contributed by atoms with Gasteiger partial charge in [-0.3, -0.25) is 4.79 Å². The van der Waals surface area contributed by atoms with Crippen molar-refractivity contribution < 1.29 is 26.4 Å². The Balaban J connectivity index is 1.88. The highest BCUT2D eigenvalue weighted by molar-refractivity contribution is 7.89. The average molecular weight is 440 g/mol. The Labute approximate surface area is 174 Å². The van der Waals surface area contributed by atoms with E-state index in [4.69, 9.17) is 0 Å². The standard InChI is InChI=1S/C21H23F3N2O3S/c1-2-12-25(30(28,29)18-10-5-9-17(14-18)21(22,23)24)15-20(27)26-13-6-8-16-7-3-4-11-19(16)26/h3-5,7,9-11,14H,2,6,8,12-13,15H2,1H3. The predicted molar refractivity (Wildman–Crippen MR) is 108 cm³/mol. The lowest BCUT2D eigenvalue weighted by atomic mass is 10.0. The van der Waals surface area contributed by atoms with E-state index >= 15 is 0 Å². The largest absolute Gasteiger partial charge is 0.416 e. The van der Waals surface area contributed by atoms with E-state index in [1.54, 1.807) is 11.8 Å². The summed E-state index contributed by atoms with van der Waals surface area (Å²) in [5.74, 6) is -0.397. The van der Waals surface area contributed by atoms with Gasteiger partial charge in [-0.05, 0) is 49.1 Å². The second-order valence-electron chi connectivity index (χ2n) is 7.14. The van der Waals surface area contributed by atoms with Crippen molar-refractivity contribution in [1.82, 2.24) is 4.31 Å². The molecule has 30 heavy (non-hydrogen) atoms. The number of fused-ring (bicyclic) bond motifs is 1. The fraction of sp³-hybridized carbons (Fsp3) is 0.381. The number of benzene rings is 2. The highest BCUT2D eigenvalue weighted by atomic mass is 32.2. The molecule has 0 saturated carbocycles. The molecule has 3 rings (SSSR count). The Morgan fingerprint density at radius 3 is 2.57 bits per heavy atom. The van der Waals surface area contributed by atoms with Crippen LogP contribution in [0.3, 0.4) is 0 Å². The first-order valence-corrected chi connectivity index (χ1v) is 11.1. The summed E-state index contributed by atoms with van der Waals surface area (Å²) in [5, 5.41) is 0. The first-order chi connectivity index (χ1) is 14.1. The minimum Gasteiger partial charge on any atom is -0.311 e. The molecule has 2 aromatic carbocycles. The van der Waals surface area contributed by atoms with E-state index in [2.05, 4.69) is 0 Å². The highest BCUT2D eigenvalue weighted by Gasteiger charge is 2.34. The zero-order valence-electron chi connectivity index (χ0n) is 16.5. The SMILES string of the molecule is CCCN(CC(=O)N1CCCc2ccccc21)S(=O)(=O)c1cccc(C(F)(F)F)c1. The van der Waals surface area contributed by atoms with Crippen molar-refractivity contribution >= 4 is 21.6 Å². The third kappa shape index (κ3) is 4.67. The normalized spacial score (nSPS) is 14.6. The van der Waals surface area contributed by atoms with E-state index in [1.165, 1.54) is 0 Å². The second kappa shape index (κ2) is 8.77. The molecule has 1 heterocycles. The number of para-hydroxylation sites is 1. The minimum atomic E-state index is -4.66. The van der Waals surface area contributed by atoms with Gasteiger partial charge in [0, 0.05) is 18.8 Å². The number of amides is 1. The molecule has 1 aliphatic rings. The van der Waals surface area contributed by atoms with Gasteiger partial charge in [0.25, 0.3) is 0 Å². The van der Waals surface area contributed by atoms with E-state index in [9.17, 15) is 26.4 Å². The van der Waals surface area contributed by atoms with Crippen molar-refractivity contribution in [1.29, 1.82) is 0 Å². The van der Waals surface area contributed by atoms with Crippen LogP contribution in [0.4, 0.5) is 18.9 Å². The van der Waals surface area contributed by atoms with Gasteiger partial charge in [0.15, 0.2) is 0 Å². The van der Waals surface area contributed by atoms with Gasteiger partial charge in [-0.2, -0.15) is 17.5 Å². The molecule has 0 bridgehead atoms. The Kier molecular flexibility index (Phi) is 6.52. The van der Waals surface area contributed by atoms with Crippen LogP contribution in [0.2, 0.25) is 0 Å². The van der Waals surface area contributed by atoms with E-state index in [1.807, 2.05) is 24.3 Å². The molecule has 0 saturated heterocycles. The molecular weight excluding hydrogens is 417 g/mol. The smallest absolute Gasteiger partial charge is 0.311 e. The van der Waals surface area contributed by atoms with Crippen molar-refractivity contribution in [2.24, 2.45) is 0 Å². The summed E-state index contributed by atoms with van der Waals surface area (Å²) >= 11 is 0. The van der Waals surface area contributed by atoms with Gasteiger partial charge in [0.05, 0.1) is 17.0 Å². The zero-order valence-corrected chi connectivity index (χ0v) is 17.3. The lowest BCUT2D eigenvalue weighted by Gasteiger charge is -2.31. The number of nitrogens with zero attached hydrogens (tertiary/aromatic N) is 2. The molecule has 0 fully saturated rings. The van der Waals surface area contributed by atoms with Crippen LogP contribution in [0.25, 0.3) is 0 Å². The molecule has 0 radical (unpaired) electrons. The third-order valence-electron chi connectivity index (χ3n) is 5.00. The van der Waals surface area contributed by atoms with Gasteiger partial charge < -0.3 is 4.90 Å². The molecule has 1 aliphatic heterocycles. The van der Waals surface area contributed by atoms with E-state index in [-0.39, 0.29) is 6.54 Å². The Morgan fingerprint density at radius 2 is 1.87 bits per heavy atom. The number of hydrogen-bond donors (Lipinski definition) is 0. The highest BCUT2D eigenvalue weighted by Crippen LogP contribution is 2.31. The lowest BCUT2D eigenvalue weighted by Crippen LogP contribution is -2.45. The molecule has 1 amide bonds. The quantitative estimate of drug-likeness (QED) is 0.680. The van der Waals surface area contributed by atoms with E-state index in [0.29, 0.717) is 19.0 Å². The van der Waals surface area contributed by atoms with Crippen molar-refractivity contribution in [3.63, 3.8) is 0 Å². The maximum absolute atomic E-state index is 13.1. The number of carbonyl (C=O) groups excluding carboxylic acids is 1. The summed E-state index contributed by atoms with van der Waals surface area (Å²) in [6.45, 7) is 1.81. The summed E-state index contributed by atoms with van der Waals surface area (Å²) in [7, 11) is -4.27. The molecule has 0 N–H and O–H groups in total. The number of aryl methyl sites for hydroxylation is 1. The first kappa shape index (κ1) is 22.3. The summed E-state index contributed by atoms with van der Waals surface area (Å²) < 4.78 is 66.2. The number of sulfonamides is 1. The van der Waals surface area contributed by atoms with Crippen LogP contribution < -0.4 is 4.90 Å². The molecule has 0 unspecified atom stereocenters. The lowest BCUT2D eigenvalue weighted by molar-refractivity contribution is -0.137. The molecule has 2 aromatic rings. The van der Waals surface area contributed by atoms with Gasteiger partial charge in [-0.25, -0.2) is 8.42 Å². The number of carbonyl (C=O) groups is 1. The van der Waals surface area contributed by atoms with Crippen LogP contribution in [0.1, 0.15) is 30.9 Å². The first-order valence-electron chi connectivity index (χ1n) is 9.70. The van der Waals surface area contributed by atoms with Gasteiger partial charge in [0.2, 0.25) is 15.9 Å². The summed E-state index contributed by atoms with van der Waals surface area (Å²) in [4.78, 5) is 14.1. The number of anilines is 1. The van der Waals surface area contributed by atoms with Crippen molar-refractivity contribution in [3.8, 4) is 0 Å². The Hall–Kier alpha value is -2.39. The van der Waals surface area contributed by atoms with E-state index in [0.717, 1.165) is 46.6 Å². The fourth-order valence-electron chi connectivity index (χ4n) is 3.54. The van der Waals surface area contributed by atoms with Crippen molar-refractivity contribution in [2.45, 2.75) is 37.3 Å². The van der Waals surface area contributed by atoms with Crippen LogP contribution in [0, 0.1) is 0 Å². The minimum absolute atomic E-state index is 0.0276. The summed E-state index contributed by atoms with van der Waals surface area (Å²) in [6, 6.07) is 11.0. The van der Waals surface area contributed by atoms with Gasteiger partial charge in [-0.1, -0.05) is 31.2 Å². The number of halogens is 3. The maximum atomic E-state index is 13.1. The topological polar surface area (TPSA) is 57.7 Å². The van der Waals surface area contributed by atoms with Crippen LogP contribution in [0.15, 0.2) is 53.4 Å². The molecule has 162 valence electrons. The molecule has 0 aromatic heterocycles. The molecule has 9 heteroatoms. The monoisotopic (exact) mass is 440 g/mol. The van der Waals surface area contributed by atoms with Gasteiger partial charge in [-0.15, -0.1) is 0 Å². The van der Waals surface area contributed by atoms with Crippen LogP contribution in [-0.4, -0.2) is 38.3 Å². The van der Waals surface area contributed by atoms with E-state index < -0.39 is 39.1 Å². The van der Waals surface area contributed by atoms with Gasteiger partial charge in [0.1, 0.15) is 0 Å². The molecule has 5 nitrogen and oxygen atoms in total. The molecule has 0 aliphatic carbocycles. The number of hydrogen-bond acceptors (Lipinski definition) is 3. The van der Waals surface area contributed by atoms with Crippen LogP contribution in [0.5, 0.6) is 0 Å². The Morgan fingerprint density at radius 1 is 1.13 bits per heavy atom. The zero-order chi connectivity index (χ0) is 21.9. The van der Waals surface area contributed by atoms with Crippen LogP contribution >= 0.6 is 0 Å². The predicted octanol–water partition coefficient (Wildman–Crippen LogP) is 4.09. The number of alkyl halides is 3.